The smallest absolute Gasteiger partial charge is 0.243 e. The first-order valence-corrected chi connectivity index (χ1v) is 22.0. The molecule has 0 aromatic heterocycles. The van der Waals surface area contributed by atoms with Gasteiger partial charge in [-0.15, -0.1) is 0 Å². The Morgan fingerprint density at radius 2 is 1.26 bits per heavy atom. The first kappa shape index (κ1) is 46.1. The second kappa shape index (κ2) is 27.2. The van der Waals surface area contributed by atoms with Crippen LogP contribution in [0.25, 0.3) is 11.1 Å². The van der Waals surface area contributed by atoms with E-state index in [9.17, 15) is 14.7 Å². The molecule has 0 bridgehead atoms. The van der Waals surface area contributed by atoms with Crippen LogP contribution < -0.4 is 10.8 Å². The van der Waals surface area contributed by atoms with E-state index in [-0.39, 0.29) is 31.1 Å². The summed E-state index contributed by atoms with van der Waals surface area (Å²) in [4.78, 5) is 26.4. The highest BCUT2D eigenvalue weighted by Crippen LogP contribution is 2.39. The molecule has 9 heteroatoms. The molecular weight excluding hydrogens is 715 g/mol. The minimum absolute atomic E-state index is 0.00193. The number of hydrogen-bond donors (Lipinski definition) is 4. The number of hydrogen-bond acceptors (Lipinski definition) is 7. The molecule has 0 aliphatic carbocycles. The highest BCUT2D eigenvalue weighted by Gasteiger charge is 2.33. The van der Waals surface area contributed by atoms with Gasteiger partial charge in [-0.2, -0.15) is 0 Å². The maximum Gasteiger partial charge on any atom is 0.243 e. The van der Waals surface area contributed by atoms with Crippen LogP contribution in [0.3, 0.4) is 0 Å². The zero-order valence-corrected chi connectivity index (χ0v) is 34.9. The first-order chi connectivity index (χ1) is 27.9. The fraction of sp³-hybridized carbons (Fsp3) is 0.583. The van der Waals surface area contributed by atoms with Gasteiger partial charge in [0.05, 0.1) is 18.8 Å². The van der Waals surface area contributed by atoms with Crippen LogP contribution in [0.5, 0.6) is 0 Å². The van der Waals surface area contributed by atoms with Crippen molar-refractivity contribution >= 4 is 11.8 Å². The topological polar surface area (TPSA) is 120 Å². The molecule has 9 nitrogen and oxygen atoms in total. The molecule has 3 unspecified atom stereocenters. The standard InChI is InChI=1S/C48H71N3O6/c1-3-5-7-9-11-16-30-51(31-17-12-10-8-6-4-2)36-44-34-45(40-28-26-38(37-52)27-29-40)57-48(56-44)43-23-19-22-42(33-43)41-21-18-20-39(32-41)35-49-46(53)24-14-13-15-25-47(54)50-55/h18-23,26-29,32-33,44-45,48,52,55H,3-17,24-25,30-31,34-37H2,1-2H3,(H,49,53)(H,50,54). The summed E-state index contributed by atoms with van der Waals surface area (Å²) in [6.07, 6.45) is 18.3. The second-order valence-electron chi connectivity index (χ2n) is 15.9. The van der Waals surface area contributed by atoms with Crippen LogP contribution in [0.4, 0.5) is 0 Å². The summed E-state index contributed by atoms with van der Waals surface area (Å²) in [7, 11) is 0. The molecule has 0 spiro atoms. The molecule has 1 fully saturated rings. The number of carbonyl (C=O) groups is 2. The molecule has 0 saturated carbocycles. The van der Waals surface area contributed by atoms with Crippen molar-refractivity contribution in [1.29, 1.82) is 0 Å². The van der Waals surface area contributed by atoms with Crippen LogP contribution in [-0.2, 0) is 32.2 Å². The molecule has 4 N–H and O–H groups in total. The summed E-state index contributed by atoms with van der Waals surface area (Å²) >= 11 is 0. The van der Waals surface area contributed by atoms with Crippen LogP contribution in [0, 0.1) is 0 Å². The molecule has 1 heterocycles. The zero-order chi connectivity index (χ0) is 40.5. The maximum absolute atomic E-state index is 12.5. The molecule has 1 aliphatic rings. The van der Waals surface area contributed by atoms with Gasteiger partial charge in [-0.1, -0.05) is 145 Å². The Labute approximate surface area is 342 Å². The average Bonchev–Trinajstić information content (AvgIpc) is 3.25. The SMILES string of the molecule is CCCCCCCCN(CCCCCCCC)CC1CC(c2ccc(CO)cc2)OC(c2cccc(-c3cccc(CNC(=O)CCCCCC(=O)NO)c3)c2)O1. The van der Waals surface area contributed by atoms with Crippen molar-refractivity contribution in [2.45, 2.75) is 161 Å². The molecule has 2 amide bonds. The van der Waals surface area contributed by atoms with Crippen LogP contribution in [0.15, 0.2) is 72.8 Å². The third-order valence-electron chi connectivity index (χ3n) is 11.1. The van der Waals surface area contributed by atoms with Crippen molar-refractivity contribution in [3.05, 3.63) is 95.1 Å². The van der Waals surface area contributed by atoms with Crippen molar-refractivity contribution in [3.63, 3.8) is 0 Å². The Balaban J connectivity index is 1.44. The quantitative estimate of drug-likeness (QED) is 0.0329. The van der Waals surface area contributed by atoms with Gasteiger partial charge < -0.3 is 24.8 Å². The minimum Gasteiger partial charge on any atom is -0.392 e. The maximum atomic E-state index is 12.5. The molecule has 3 atom stereocenters. The predicted octanol–water partition coefficient (Wildman–Crippen LogP) is 10.5. The van der Waals surface area contributed by atoms with Gasteiger partial charge in [0, 0.05) is 37.9 Å². The molecule has 1 saturated heterocycles. The molecule has 57 heavy (non-hydrogen) atoms. The lowest BCUT2D eigenvalue weighted by Gasteiger charge is -2.38. The number of unbranched alkanes of at least 4 members (excludes halogenated alkanes) is 12. The van der Waals surface area contributed by atoms with Gasteiger partial charge in [-0.3, -0.25) is 14.8 Å². The van der Waals surface area contributed by atoms with E-state index >= 15 is 0 Å². The van der Waals surface area contributed by atoms with Crippen molar-refractivity contribution in [2.24, 2.45) is 0 Å². The second-order valence-corrected chi connectivity index (χ2v) is 15.9. The minimum atomic E-state index is -0.531. The molecule has 4 rings (SSSR count). The highest BCUT2D eigenvalue weighted by molar-refractivity contribution is 5.76. The van der Waals surface area contributed by atoms with Crippen molar-refractivity contribution in [1.82, 2.24) is 15.7 Å². The fourth-order valence-electron chi connectivity index (χ4n) is 7.67. The summed E-state index contributed by atoms with van der Waals surface area (Å²) in [5.74, 6) is -0.421. The van der Waals surface area contributed by atoms with Gasteiger partial charge >= 0.3 is 0 Å². The molecule has 3 aromatic rings. The fourth-order valence-corrected chi connectivity index (χ4v) is 7.67. The van der Waals surface area contributed by atoms with E-state index < -0.39 is 12.2 Å². The lowest BCUT2D eigenvalue weighted by molar-refractivity contribution is -0.253. The van der Waals surface area contributed by atoms with E-state index in [4.69, 9.17) is 14.7 Å². The van der Waals surface area contributed by atoms with E-state index in [1.807, 2.05) is 24.3 Å². The Bertz CT molecular complexity index is 1550. The van der Waals surface area contributed by atoms with Crippen molar-refractivity contribution in [2.75, 3.05) is 19.6 Å². The van der Waals surface area contributed by atoms with E-state index in [0.717, 1.165) is 65.9 Å². The van der Waals surface area contributed by atoms with Gasteiger partial charge in [-0.05, 0) is 78.7 Å². The highest BCUT2D eigenvalue weighted by atomic mass is 16.7. The summed E-state index contributed by atoms with van der Waals surface area (Å²) in [5.41, 5.74) is 7.73. The van der Waals surface area contributed by atoms with Crippen LogP contribution in [-0.4, -0.2) is 52.8 Å². The van der Waals surface area contributed by atoms with Crippen LogP contribution in [0.2, 0.25) is 0 Å². The first-order valence-electron chi connectivity index (χ1n) is 22.0. The molecule has 1 aliphatic heterocycles. The largest absolute Gasteiger partial charge is 0.392 e. The normalized spacial score (nSPS) is 16.8. The number of nitrogens with one attached hydrogen (secondary N) is 2. The van der Waals surface area contributed by atoms with Gasteiger partial charge in [0.1, 0.15) is 0 Å². The molecule has 3 aromatic carbocycles. The van der Waals surface area contributed by atoms with E-state index in [1.165, 1.54) is 77.0 Å². The number of ether oxygens (including phenoxy) is 2. The van der Waals surface area contributed by atoms with Gasteiger partial charge in [0.2, 0.25) is 11.8 Å². The van der Waals surface area contributed by atoms with Gasteiger partial charge in [-0.25, -0.2) is 5.48 Å². The monoisotopic (exact) mass is 786 g/mol. The average molecular weight is 786 g/mol. The number of amides is 2. The third kappa shape index (κ3) is 17.4. The zero-order valence-electron chi connectivity index (χ0n) is 34.9. The van der Waals surface area contributed by atoms with Gasteiger partial charge in [0.25, 0.3) is 0 Å². The summed E-state index contributed by atoms with van der Waals surface area (Å²) in [6.45, 7) is 8.07. The molecule has 0 radical (unpaired) electrons. The summed E-state index contributed by atoms with van der Waals surface area (Å²) < 4.78 is 13.7. The summed E-state index contributed by atoms with van der Waals surface area (Å²) in [6, 6.07) is 24.8. The molecular formula is C48H71N3O6. The van der Waals surface area contributed by atoms with E-state index in [1.54, 1.807) is 5.48 Å². The number of aliphatic hydroxyl groups is 1. The number of hydroxylamine groups is 1. The number of rotatable bonds is 28. The lowest BCUT2D eigenvalue weighted by Crippen LogP contribution is -2.40. The Kier molecular flexibility index (Phi) is 22.0. The third-order valence-corrected chi connectivity index (χ3v) is 11.1. The van der Waals surface area contributed by atoms with Crippen LogP contribution >= 0.6 is 0 Å². The van der Waals surface area contributed by atoms with Gasteiger partial charge in [0.15, 0.2) is 6.29 Å². The van der Waals surface area contributed by atoms with E-state index in [2.05, 4.69) is 72.6 Å². The number of carbonyl (C=O) groups excluding carboxylic acids is 2. The van der Waals surface area contributed by atoms with Crippen molar-refractivity contribution < 1.29 is 29.4 Å². The lowest BCUT2D eigenvalue weighted by atomic mass is 9.98. The number of benzene rings is 3. The predicted molar refractivity (Wildman–Crippen MR) is 228 cm³/mol. The van der Waals surface area contributed by atoms with E-state index in [0.29, 0.717) is 25.8 Å². The van der Waals surface area contributed by atoms with Crippen molar-refractivity contribution in [3.8, 4) is 11.1 Å². The Morgan fingerprint density at radius 1 is 0.667 bits per heavy atom. The molecule has 314 valence electrons. The summed E-state index contributed by atoms with van der Waals surface area (Å²) in [5, 5.41) is 21.4. The Hall–Kier alpha value is -3.60. The number of aliphatic hydroxyl groups excluding tert-OH is 1. The van der Waals surface area contributed by atoms with Crippen LogP contribution in [0.1, 0.15) is 164 Å². The Morgan fingerprint density at radius 3 is 1.91 bits per heavy atom. The number of nitrogens with zero attached hydrogens (tertiary/aromatic N) is 1.